The monoisotopic (exact) mass is 549 g/mol. The van der Waals surface area contributed by atoms with Crippen molar-refractivity contribution in [2.45, 2.75) is 32.4 Å². The van der Waals surface area contributed by atoms with Crippen LogP contribution in [0.5, 0.6) is 0 Å². The van der Waals surface area contributed by atoms with Crippen molar-refractivity contribution in [1.29, 1.82) is 0 Å². The Balaban J connectivity index is 1.29. The van der Waals surface area contributed by atoms with E-state index >= 15 is 4.39 Å². The third kappa shape index (κ3) is 5.25. The Morgan fingerprint density at radius 1 is 1.28 bits per heavy atom. The van der Waals surface area contributed by atoms with Crippen molar-refractivity contribution in [3.05, 3.63) is 69.0 Å². The van der Waals surface area contributed by atoms with Crippen LogP contribution in [-0.4, -0.2) is 54.5 Å². The Hall–Kier alpha value is -2.57. The summed E-state index contributed by atoms with van der Waals surface area (Å²) in [7, 11) is -3.90. The van der Waals surface area contributed by atoms with Gasteiger partial charge in [-0.3, -0.25) is 9.69 Å². The summed E-state index contributed by atoms with van der Waals surface area (Å²) in [5.74, 6) is -0.225. The lowest BCUT2D eigenvalue weighted by Crippen LogP contribution is -2.41. The Morgan fingerprint density at radius 3 is 2.75 bits per heavy atom. The second-order valence-electron chi connectivity index (χ2n) is 8.88. The maximum atomic E-state index is 15.2. The fourth-order valence-corrected chi connectivity index (χ4v) is 6.73. The van der Waals surface area contributed by atoms with E-state index in [2.05, 4.69) is 14.6 Å². The molecule has 1 N–H and O–H groups in total. The molecule has 4 heterocycles. The first-order valence-corrected chi connectivity index (χ1v) is 14.3. The number of nitrogens with zero attached hydrogens (tertiary/aromatic N) is 4. The number of thiophene rings is 1. The standard InChI is InChI=1S/C24H25ClFN5O3S2/c1-16(21-5-6-22(25)35-21)15-36(33,34)28-19-7-11-31(24(19)32)20-4-3-17(13-18(20)26)30-12-8-27-23(30)14-29-9-2-10-29/h3-6,8,12-13,15,19,28H,2,7,9-11,14H2,1H3/b16-15-. The Morgan fingerprint density at radius 2 is 2.08 bits per heavy atom. The number of sulfonamides is 1. The van der Waals surface area contributed by atoms with Crippen molar-refractivity contribution >= 4 is 50.1 Å². The molecule has 2 fully saturated rings. The number of amides is 1. The second-order valence-corrected chi connectivity index (χ2v) is 12.2. The topological polar surface area (TPSA) is 87.5 Å². The van der Waals surface area contributed by atoms with Crippen molar-refractivity contribution in [3.8, 4) is 5.69 Å². The minimum atomic E-state index is -3.90. The highest BCUT2D eigenvalue weighted by Gasteiger charge is 2.36. The minimum Gasteiger partial charge on any atom is -0.308 e. The van der Waals surface area contributed by atoms with Gasteiger partial charge in [0.25, 0.3) is 0 Å². The molecule has 0 spiro atoms. The predicted molar refractivity (Wildman–Crippen MR) is 139 cm³/mol. The van der Waals surface area contributed by atoms with Gasteiger partial charge in [0.2, 0.25) is 15.9 Å². The Labute approximate surface area is 218 Å². The quantitative estimate of drug-likeness (QED) is 0.458. The molecule has 0 aliphatic carbocycles. The first-order valence-electron chi connectivity index (χ1n) is 11.5. The number of carbonyl (C=O) groups is 1. The zero-order valence-corrected chi connectivity index (χ0v) is 21.9. The lowest BCUT2D eigenvalue weighted by Gasteiger charge is -2.30. The van der Waals surface area contributed by atoms with Gasteiger partial charge >= 0.3 is 0 Å². The molecule has 1 amide bonds. The van der Waals surface area contributed by atoms with Crippen LogP contribution < -0.4 is 9.62 Å². The predicted octanol–water partition coefficient (Wildman–Crippen LogP) is 4.02. The van der Waals surface area contributed by atoms with Crippen LogP contribution in [0, 0.1) is 5.82 Å². The molecular formula is C24H25ClFN5O3S2. The lowest BCUT2D eigenvalue weighted by molar-refractivity contribution is -0.118. The van der Waals surface area contributed by atoms with Crippen LogP contribution in [0.25, 0.3) is 11.3 Å². The number of allylic oxidation sites excluding steroid dienone is 1. The number of benzene rings is 1. The molecule has 2 saturated heterocycles. The number of halogens is 2. The largest absolute Gasteiger partial charge is 0.308 e. The number of aromatic nitrogens is 2. The summed E-state index contributed by atoms with van der Waals surface area (Å²) in [4.78, 5) is 21.7. The van der Waals surface area contributed by atoms with Gasteiger partial charge in [-0.1, -0.05) is 11.6 Å². The van der Waals surface area contributed by atoms with Crippen molar-refractivity contribution in [1.82, 2.24) is 19.2 Å². The number of anilines is 1. The first-order chi connectivity index (χ1) is 17.2. The molecule has 190 valence electrons. The van der Waals surface area contributed by atoms with Crippen LogP contribution in [-0.2, 0) is 21.4 Å². The fraction of sp³-hybridized carbons (Fsp3) is 0.333. The van der Waals surface area contributed by atoms with E-state index in [9.17, 15) is 13.2 Å². The van der Waals surface area contributed by atoms with Gasteiger partial charge in [-0.25, -0.2) is 17.8 Å². The molecule has 2 aliphatic rings. The highest BCUT2D eigenvalue weighted by atomic mass is 35.5. The number of nitrogens with one attached hydrogen (secondary N) is 1. The second kappa shape index (κ2) is 10.1. The summed E-state index contributed by atoms with van der Waals surface area (Å²) >= 11 is 7.20. The molecule has 36 heavy (non-hydrogen) atoms. The van der Waals surface area contributed by atoms with Gasteiger partial charge in [0.1, 0.15) is 17.7 Å². The summed E-state index contributed by atoms with van der Waals surface area (Å²) in [5.41, 5.74) is 1.24. The molecule has 3 aromatic rings. The summed E-state index contributed by atoms with van der Waals surface area (Å²) in [6.07, 6.45) is 4.88. The minimum absolute atomic E-state index is 0.120. The van der Waals surface area contributed by atoms with Gasteiger partial charge in [0.15, 0.2) is 0 Å². The van der Waals surface area contributed by atoms with E-state index in [0.717, 1.165) is 29.2 Å². The van der Waals surface area contributed by atoms with E-state index in [0.29, 0.717) is 22.1 Å². The fourth-order valence-electron chi connectivity index (χ4n) is 4.37. The average molecular weight is 550 g/mol. The molecule has 5 rings (SSSR count). The SMILES string of the molecule is C/C(=C/S(=O)(=O)NC1CCN(c2ccc(-n3ccnc3CN3CCC3)cc2F)C1=O)c1ccc(Cl)s1. The molecule has 1 atom stereocenters. The van der Waals surface area contributed by atoms with Crippen molar-refractivity contribution < 1.29 is 17.6 Å². The molecule has 0 bridgehead atoms. The van der Waals surface area contributed by atoms with Crippen LogP contribution in [0.1, 0.15) is 30.5 Å². The molecule has 1 unspecified atom stereocenters. The molecular weight excluding hydrogens is 525 g/mol. The number of likely N-dealkylation sites (tertiary alicyclic amines) is 1. The Bertz CT molecular complexity index is 1430. The van der Waals surface area contributed by atoms with Gasteiger partial charge in [-0.05, 0) is 62.7 Å². The smallest absolute Gasteiger partial charge is 0.245 e. The van der Waals surface area contributed by atoms with Crippen LogP contribution >= 0.6 is 22.9 Å². The third-order valence-corrected chi connectivity index (χ3v) is 8.98. The number of rotatable bonds is 8. The van der Waals surface area contributed by atoms with Gasteiger partial charge in [0, 0.05) is 35.6 Å². The molecule has 0 saturated carbocycles. The van der Waals surface area contributed by atoms with Crippen molar-refractivity contribution in [2.24, 2.45) is 0 Å². The number of hydrogen-bond acceptors (Lipinski definition) is 6. The van der Waals surface area contributed by atoms with Gasteiger partial charge in [-0.15, -0.1) is 11.3 Å². The summed E-state index contributed by atoms with van der Waals surface area (Å²) in [5, 5.41) is 1.09. The average Bonchev–Trinajstić information content (AvgIpc) is 3.52. The van der Waals surface area contributed by atoms with Crippen molar-refractivity contribution in [2.75, 3.05) is 24.5 Å². The molecule has 8 nitrogen and oxygen atoms in total. The highest BCUT2D eigenvalue weighted by molar-refractivity contribution is 7.92. The summed E-state index contributed by atoms with van der Waals surface area (Å²) in [6, 6.07) is 7.12. The highest BCUT2D eigenvalue weighted by Crippen LogP contribution is 2.29. The van der Waals surface area contributed by atoms with Gasteiger partial charge in [-0.2, -0.15) is 4.72 Å². The van der Waals surface area contributed by atoms with Crippen LogP contribution in [0.3, 0.4) is 0 Å². The number of hydrogen-bond donors (Lipinski definition) is 1. The van der Waals surface area contributed by atoms with Crippen molar-refractivity contribution in [3.63, 3.8) is 0 Å². The van der Waals surface area contributed by atoms with E-state index in [1.807, 2.05) is 4.57 Å². The van der Waals surface area contributed by atoms with E-state index in [1.165, 1.54) is 28.7 Å². The van der Waals surface area contributed by atoms with E-state index in [1.54, 1.807) is 43.6 Å². The Kier molecular flexibility index (Phi) is 7.01. The summed E-state index contributed by atoms with van der Waals surface area (Å²) < 4.78 is 45.3. The van der Waals surface area contributed by atoms with Gasteiger partial charge < -0.3 is 9.47 Å². The first kappa shape index (κ1) is 25.1. The molecule has 2 aromatic heterocycles. The molecule has 12 heteroatoms. The summed E-state index contributed by atoms with van der Waals surface area (Å²) in [6.45, 7) is 4.61. The molecule has 1 aromatic carbocycles. The molecule has 2 aliphatic heterocycles. The normalized spacial score (nSPS) is 19.2. The van der Waals surface area contributed by atoms with Crippen LogP contribution in [0.15, 0.2) is 48.1 Å². The zero-order valence-electron chi connectivity index (χ0n) is 19.5. The lowest BCUT2D eigenvalue weighted by atomic mass is 10.2. The maximum absolute atomic E-state index is 15.2. The van der Waals surface area contributed by atoms with Crippen LogP contribution in [0.4, 0.5) is 10.1 Å². The van der Waals surface area contributed by atoms with E-state index in [4.69, 9.17) is 11.6 Å². The van der Waals surface area contributed by atoms with Crippen LogP contribution in [0.2, 0.25) is 4.34 Å². The number of carbonyl (C=O) groups excluding carboxylic acids is 1. The zero-order chi connectivity index (χ0) is 25.4. The number of imidazole rings is 1. The molecule has 0 radical (unpaired) electrons. The van der Waals surface area contributed by atoms with Gasteiger partial charge in [0.05, 0.1) is 22.0 Å². The van der Waals surface area contributed by atoms with E-state index in [-0.39, 0.29) is 18.7 Å². The maximum Gasteiger partial charge on any atom is 0.245 e. The third-order valence-electron chi connectivity index (χ3n) is 6.34. The van der Waals surface area contributed by atoms with E-state index < -0.39 is 27.8 Å².